The predicted molar refractivity (Wildman–Crippen MR) is 89.2 cm³/mol. The van der Waals surface area contributed by atoms with E-state index < -0.39 is 0 Å². The van der Waals surface area contributed by atoms with Crippen LogP contribution in [0.3, 0.4) is 0 Å². The van der Waals surface area contributed by atoms with E-state index in [2.05, 4.69) is 4.74 Å². The number of rotatable bonds is 7. The Kier molecular flexibility index (Phi) is 6.29. The molecular formula is C18H19ClO4. The van der Waals surface area contributed by atoms with E-state index in [0.717, 1.165) is 17.1 Å². The minimum absolute atomic E-state index is 0.106. The first-order valence-electron chi connectivity index (χ1n) is 7.27. The number of hydrogen-bond donors (Lipinski definition) is 0. The molecule has 0 fully saturated rings. The van der Waals surface area contributed by atoms with Crippen LogP contribution in [0.4, 0.5) is 0 Å². The standard InChI is InChI=1S/C18H19ClO4/c1-13(23-17-9-5-15(19)6-10-17)12-22-16-7-3-14(4-8-16)11-18(20)21-2/h3-10,13H,11-12H2,1-2H3. The van der Waals surface area contributed by atoms with Crippen molar-refractivity contribution in [2.75, 3.05) is 13.7 Å². The van der Waals surface area contributed by atoms with Crippen molar-refractivity contribution in [2.45, 2.75) is 19.4 Å². The number of carbonyl (C=O) groups excluding carboxylic acids is 1. The van der Waals surface area contributed by atoms with Gasteiger partial charge in [-0.15, -0.1) is 0 Å². The van der Waals surface area contributed by atoms with Gasteiger partial charge in [0.2, 0.25) is 0 Å². The van der Waals surface area contributed by atoms with Gasteiger partial charge in [0.05, 0.1) is 13.5 Å². The fourth-order valence-electron chi connectivity index (χ4n) is 1.94. The lowest BCUT2D eigenvalue weighted by Crippen LogP contribution is -2.21. The highest BCUT2D eigenvalue weighted by Gasteiger charge is 2.07. The third-order valence-electron chi connectivity index (χ3n) is 3.14. The minimum Gasteiger partial charge on any atom is -0.490 e. The monoisotopic (exact) mass is 334 g/mol. The Balaban J connectivity index is 1.80. The summed E-state index contributed by atoms with van der Waals surface area (Å²) in [5.41, 5.74) is 0.884. The van der Waals surface area contributed by atoms with Crippen LogP contribution >= 0.6 is 11.6 Å². The summed E-state index contributed by atoms with van der Waals surface area (Å²) in [6.07, 6.45) is 0.151. The summed E-state index contributed by atoms with van der Waals surface area (Å²) in [7, 11) is 1.38. The van der Waals surface area contributed by atoms with Crippen LogP contribution in [0.1, 0.15) is 12.5 Å². The van der Waals surface area contributed by atoms with Crippen molar-refractivity contribution in [3.8, 4) is 11.5 Å². The third-order valence-corrected chi connectivity index (χ3v) is 3.39. The van der Waals surface area contributed by atoms with Gasteiger partial charge >= 0.3 is 5.97 Å². The molecule has 0 radical (unpaired) electrons. The maximum Gasteiger partial charge on any atom is 0.309 e. The number of methoxy groups -OCH3 is 1. The van der Waals surface area contributed by atoms with Gasteiger partial charge in [-0.2, -0.15) is 0 Å². The minimum atomic E-state index is -0.261. The summed E-state index contributed by atoms with van der Waals surface area (Å²) in [6, 6.07) is 14.5. The Hall–Kier alpha value is -2.20. The third kappa shape index (κ3) is 5.83. The van der Waals surface area contributed by atoms with Crippen LogP contribution in [0.15, 0.2) is 48.5 Å². The number of halogens is 1. The average molecular weight is 335 g/mol. The summed E-state index contributed by atoms with van der Waals surface area (Å²) in [5, 5.41) is 0.674. The van der Waals surface area contributed by atoms with Gasteiger partial charge in [0.1, 0.15) is 24.2 Å². The molecule has 122 valence electrons. The van der Waals surface area contributed by atoms with Crippen molar-refractivity contribution in [3.63, 3.8) is 0 Å². The smallest absolute Gasteiger partial charge is 0.309 e. The number of ether oxygens (including phenoxy) is 3. The van der Waals surface area contributed by atoms with Crippen LogP contribution in [-0.2, 0) is 16.0 Å². The lowest BCUT2D eigenvalue weighted by atomic mass is 10.1. The highest BCUT2D eigenvalue weighted by Crippen LogP contribution is 2.18. The molecule has 1 unspecified atom stereocenters. The second-order valence-electron chi connectivity index (χ2n) is 5.09. The van der Waals surface area contributed by atoms with Crippen molar-refractivity contribution < 1.29 is 19.0 Å². The van der Waals surface area contributed by atoms with Gasteiger partial charge in [-0.1, -0.05) is 23.7 Å². The van der Waals surface area contributed by atoms with Crippen LogP contribution in [0.25, 0.3) is 0 Å². The van der Waals surface area contributed by atoms with Gasteiger partial charge in [0.15, 0.2) is 0 Å². The van der Waals surface area contributed by atoms with E-state index in [4.69, 9.17) is 21.1 Å². The molecule has 1 atom stereocenters. The highest BCUT2D eigenvalue weighted by molar-refractivity contribution is 6.30. The Morgan fingerprint density at radius 1 is 1.04 bits per heavy atom. The molecule has 0 aliphatic rings. The van der Waals surface area contributed by atoms with Gasteiger partial charge < -0.3 is 14.2 Å². The Morgan fingerprint density at radius 2 is 1.65 bits per heavy atom. The molecule has 0 spiro atoms. The van der Waals surface area contributed by atoms with Crippen molar-refractivity contribution >= 4 is 17.6 Å². The molecule has 0 saturated carbocycles. The molecule has 0 heterocycles. The Morgan fingerprint density at radius 3 is 2.26 bits per heavy atom. The first kappa shape index (κ1) is 17.2. The van der Waals surface area contributed by atoms with E-state index in [0.29, 0.717) is 11.6 Å². The Labute approximate surface area is 140 Å². The van der Waals surface area contributed by atoms with E-state index in [1.165, 1.54) is 7.11 Å². The molecule has 0 aliphatic heterocycles. The van der Waals surface area contributed by atoms with Gasteiger partial charge in [0.25, 0.3) is 0 Å². The predicted octanol–water partition coefficient (Wildman–Crippen LogP) is 3.90. The molecule has 5 heteroatoms. The zero-order chi connectivity index (χ0) is 16.7. The molecule has 4 nitrogen and oxygen atoms in total. The van der Waals surface area contributed by atoms with Gasteiger partial charge in [-0.3, -0.25) is 4.79 Å². The largest absolute Gasteiger partial charge is 0.490 e. The van der Waals surface area contributed by atoms with Crippen molar-refractivity contribution in [2.24, 2.45) is 0 Å². The van der Waals surface area contributed by atoms with E-state index in [1.807, 2.05) is 43.3 Å². The highest BCUT2D eigenvalue weighted by atomic mass is 35.5. The number of esters is 1. The lowest BCUT2D eigenvalue weighted by molar-refractivity contribution is -0.139. The number of hydrogen-bond acceptors (Lipinski definition) is 4. The summed E-state index contributed by atoms with van der Waals surface area (Å²) in [6.45, 7) is 2.35. The molecule has 0 N–H and O–H groups in total. The molecular weight excluding hydrogens is 316 g/mol. The Bertz CT molecular complexity index is 622. The molecule has 0 amide bonds. The van der Waals surface area contributed by atoms with Gasteiger partial charge in [-0.05, 0) is 48.9 Å². The summed E-state index contributed by atoms with van der Waals surface area (Å²) in [5.74, 6) is 1.22. The fraction of sp³-hybridized carbons (Fsp3) is 0.278. The molecule has 0 saturated heterocycles. The topological polar surface area (TPSA) is 44.8 Å². The van der Waals surface area contributed by atoms with E-state index in [1.54, 1.807) is 12.1 Å². The van der Waals surface area contributed by atoms with Gasteiger partial charge in [-0.25, -0.2) is 0 Å². The van der Waals surface area contributed by atoms with Gasteiger partial charge in [0, 0.05) is 5.02 Å². The second kappa shape index (κ2) is 8.44. The van der Waals surface area contributed by atoms with Crippen LogP contribution in [-0.4, -0.2) is 25.8 Å². The first-order chi connectivity index (χ1) is 11.1. The van der Waals surface area contributed by atoms with Crippen molar-refractivity contribution in [3.05, 3.63) is 59.1 Å². The molecule has 0 aliphatic carbocycles. The van der Waals surface area contributed by atoms with Crippen LogP contribution in [0.2, 0.25) is 5.02 Å². The average Bonchev–Trinajstić information content (AvgIpc) is 2.56. The fourth-order valence-corrected chi connectivity index (χ4v) is 2.06. The summed E-state index contributed by atoms with van der Waals surface area (Å²) in [4.78, 5) is 11.2. The number of benzene rings is 2. The van der Waals surface area contributed by atoms with Crippen LogP contribution in [0.5, 0.6) is 11.5 Å². The van der Waals surface area contributed by atoms with Crippen LogP contribution < -0.4 is 9.47 Å². The summed E-state index contributed by atoms with van der Waals surface area (Å²) >= 11 is 5.83. The first-order valence-corrected chi connectivity index (χ1v) is 7.65. The quantitative estimate of drug-likeness (QED) is 0.720. The zero-order valence-corrected chi connectivity index (χ0v) is 13.9. The lowest BCUT2D eigenvalue weighted by Gasteiger charge is -2.16. The SMILES string of the molecule is COC(=O)Cc1ccc(OCC(C)Oc2ccc(Cl)cc2)cc1. The summed E-state index contributed by atoms with van der Waals surface area (Å²) < 4.78 is 16.1. The van der Waals surface area contributed by atoms with Crippen molar-refractivity contribution in [1.29, 1.82) is 0 Å². The van der Waals surface area contributed by atoms with E-state index >= 15 is 0 Å². The van der Waals surface area contributed by atoms with Crippen LogP contribution in [0, 0.1) is 0 Å². The van der Waals surface area contributed by atoms with E-state index in [9.17, 15) is 4.79 Å². The van der Waals surface area contributed by atoms with E-state index in [-0.39, 0.29) is 18.5 Å². The maximum atomic E-state index is 11.2. The normalized spacial score (nSPS) is 11.6. The molecule has 0 bridgehead atoms. The zero-order valence-electron chi connectivity index (χ0n) is 13.1. The van der Waals surface area contributed by atoms with Crippen molar-refractivity contribution in [1.82, 2.24) is 0 Å². The second-order valence-corrected chi connectivity index (χ2v) is 5.53. The molecule has 2 aromatic carbocycles. The molecule has 2 aromatic rings. The maximum absolute atomic E-state index is 11.2. The molecule has 0 aromatic heterocycles. The molecule has 2 rings (SSSR count). The molecule has 23 heavy (non-hydrogen) atoms. The number of carbonyl (C=O) groups is 1.